The first kappa shape index (κ1) is 7.35. The molecule has 0 radical (unpaired) electrons. The van der Waals surface area contributed by atoms with Crippen molar-refractivity contribution in [3.8, 4) is 0 Å². The molecule has 1 aromatic carbocycles. The summed E-state index contributed by atoms with van der Waals surface area (Å²) in [6.07, 6.45) is 2.17. The van der Waals surface area contributed by atoms with Gasteiger partial charge in [0.15, 0.2) is 0 Å². The monoisotopic (exact) mass is 194 g/mol. The third-order valence-corrected chi connectivity index (χ3v) is 3.21. The average molecular weight is 194 g/mol. The lowest BCUT2D eigenvalue weighted by atomic mass is 10.1. The number of pyridine rings is 1. The number of para-hydroxylation sites is 1. The van der Waals surface area contributed by atoms with Crippen LogP contribution in [0.25, 0.3) is 27.5 Å². The molecule has 0 amide bonds. The minimum absolute atomic E-state index is 1.26. The van der Waals surface area contributed by atoms with Crippen molar-refractivity contribution in [1.29, 1.82) is 0 Å². The molecule has 0 aliphatic rings. The van der Waals surface area contributed by atoms with Crippen molar-refractivity contribution in [3.05, 3.63) is 42.6 Å². The molecule has 0 saturated carbocycles. The van der Waals surface area contributed by atoms with E-state index in [4.69, 9.17) is 0 Å². The Bertz CT molecular complexity index is 773. The van der Waals surface area contributed by atoms with Gasteiger partial charge in [-0.3, -0.25) is 4.40 Å². The first-order valence-corrected chi connectivity index (χ1v) is 5.12. The highest BCUT2D eigenvalue weighted by molar-refractivity contribution is 6.01. The quantitative estimate of drug-likeness (QED) is 0.407. The average Bonchev–Trinajstić information content (AvgIpc) is 2.76. The van der Waals surface area contributed by atoms with Crippen molar-refractivity contribution in [2.75, 3.05) is 0 Å². The van der Waals surface area contributed by atoms with Crippen LogP contribution in [0.1, 0.15) is 0 Å². The minimum atomic E-state index is 1.26. The van der Waals surface area contributed by atoms with Gasteiger partial charge in [-0.25, -0.2) is 0 Å². The summed E-state index contributed by atoms with van der Waals surface area (Å²) >= 11 is 0. The SMILES string of the molecule is Cn1cc2ccc3cccc4cc1n2c34. The number of imidazole rings is 1. The summed E-state index contributed by atoms with van der Waals surface area (Å²) in [6.45, 7) is 0. The second-order valence-electron chi connectivity index (χ2n) is 4.12. The van der Waals surface area contributed by atoms with E-state index < -0.39 is 0 Å². The van der Waals surface area contributed by atoms with Crippen LogP contribution in [0.4, 0.5) is 0 Å². The maximum atomic E-state index is 2.32. The van der Waals surface area contributed by atoms with Gasteiger partial charge in [-0.05, 0) is 17.5 Å². The third kappa shape index (κ3) is 0.721. The third-order valence-electron chi connectivity index (χ3n) is 3.21. The molecule has 0 spiro atoms. The summed E-state index contributed by atoms with van der Waals surface area (Å²) in [7, 11) is 2.09. The van der Waals surface area contributed by atoms with Crippen molar-refractivity contribution in [2.24, 2.45) is 7.05 Å². The molecule has 0 bridgehead atoms. The summed E-state index contributed by atoms with van der Waals surface area (Å²) in [5, 5.41) is 2.63. The molecule has 0 fully saturated rings. The van der Waals surface area contributed by atoms with Gasteiger partial charge in [-0.15, -0.1) is 0 Å². The zero-order chi connectivity index (χ0) is 9.99. The van der Waals surface area contributed by atoms with Crippen LogP contribution in [0.2, 0.25) is 0 Å². The molecule has 0 N–H and O–H groups in total. The highest BCUT2D eigenvalue weighted by Crippen LogP contribution is 2.28. The highest BCUT2D eigenvalue weighted by Gasteiger charge is 2.10. The van der Waals surface area contributed by atoms with Crippen LogP contribution < -0.4 is 0 Å². The topological polar surface area (TPSA) is 9.34 Å². The standard InChI is InChI=1S/C13H10N2/c1-14-8-11-6-5-9-3-2-4-10-7-12(14)15(11)13(9)10/h2-8H,1H3. The Labute approximate surface area is 86.7 Å². The molecular formula is C13H10N2. The van der Waals surface area contributed by atoms with E-state index in [1.54, 1.807) is 0 Å². The van der Waals surface area contributed by atoms with Gasteiger partial charge in [0.05, 0.1) is 11.0 Å². The molecule has 0 atom stereocenters. The van der Waals surface area contributed by atoms with Crippen LogP contribution >= 0.6 is 0 Å². The van der Waals surface area contributed by atoms with Crippen LogP contribution in [-0.4, -0.2) is 8.97 Å². The molecule has 2 heteroatoms. The lowest BCUT2D eigenvalue weighted by molar-refractivity contribution is 0.961. The van der Waals surface area contributed by atoms with Crippen LogP contribution in [-0.2, 0) is 7.05 Å². The number of hydrogen-bond acceptors (Lipinski definition) is 0. The first-order valence-electron chi connectivity index (χ1n) is 5.12. The summed E-state index contributed by atoms with van der Waals surface area (Å²) in [6, 6.07) is 13.1. The van der Waals surface area contributed by atoms with E-state index in [1.165, 1.54) is 27.5 Å². The molecule has 0 aliphatic carbocycles. The van der Waals surface area contributed by atoms with Crippen LogP contribution in [0.3, 0.4) is 0 Å². The van der Waals surface area contributed by atoms with E-state index in [9.17, 15) is 0 Å². The minimum Gasteiger partial charge on any atom is -0.335 e. The second kappa shape index (κ2) is 2.16. The van der Waals surface area contributed by atoms with Crippen LogP contribution in [0.5, 0.6) is 0 Å². The number of benzene rings is 1. The van der Waals surface area contributed by atoms with E-state index in [2.05, 4.69) is 58.6 Å². The Balaban J connectivity index is 2.54. The maximum absolute atomic E-state index is 2.32. The Morgan fingerprint density at radius 2 is 1.87 bits per heavy atom. The van der Waals surface area contributed by atoms with E-state index in [0.717, 1.165) is 0 Å². The van der Waals surface area contributed by atoms with Crippen molar-refractivity contribution in [3.63, 3.8) is 0 Å². The molecule has 0 unspecified atom stereocenters. The Hall–Kier alpha value is -1.96. The van der Waals surface area contributed by atoms with E-state index >= 15 is 0 Å². The van der Waals surface area contributed by atoms with E-state index in [1.807, 2.05) is 0 Å². The number of hydrogen-bond donors (Lipinski definition) is 0. The molecular weight excluding hydrogens is 184 g/mol. The molecule has 0 saturated heterocycles. The lowest BCUT2D eigenvalue weighted by Gasteiger charge is -1.99. The van der Waals surface area contributed by atoms with Gasteiger partial charge in [-0.2, -0.15) is 0 Å². The number of aryl methyl sites for hydroxylation is 1. The van der Waals surface area contributed by atoms with Crippen molar-refractivity contribution < 1.29 is 0 Å². The largest absolute Gasteiger partial charge is 0.335 e. The maximum Gasteiger partial charge on any atom is 0.118 e. The number of nitrogens with zero attached hydrogens (tertiary/aromatic N) is 2. The summed E-state index contributed by atoms with van der Waals surface area (Å²) in [4.78, 5) is 0. The molecule has 72 valence electrons. The number of aromatic nitrogens is 2. The molecule has 15 heavy (non-hydrogen) atoms. The molecule has 2 nitrogen and oxygen atoms in total. The van der Waals surface area contributed by atoms with Crippen molar-refractivity contribution in [1.82, 2.24) is 8.97 Å². The smallest absolute Gasteiger partial charge is 0.118 e. The summed E-state index contributed by atoms with van der Waals surface area (Å²) < 4.78 is 4.50. The first-order chi connectivity index (χ1) is 7.34. The number of rotatable bonds is 0. The van der Waals surface area contributed by atoms with Gasteiger partial charge in [0.25, 0.3) is 0 Å². The van der Waals surface area contributed by atoms with Gasteiger partial charge in [0.1, 0.15) is 5.65 Å². The highest BCUT2D eigenvalue weighted by atomic mass is 15.1. The van der Waals surface area contributed by atoms with E-state index in [0.29, 0.717) is 0 Å². The predicted molar refractivity (Wildman–Crippen MR) is 62.6 cm³/mol. The second-order valence-corrected chi connectivity index (χ2v) is 4.12. The van der Waals surface area contributed by atoms with Crippen LogP contribution in [0.15, 0.2) is 42.6 Å². The van der Waals surface area contributed by atoms with Crippen LogP contribution in [0, 0.1) is 0 Å². The lowest BCUT2D eigenvalue weighted by Crippen LogP contribution is -1.84. The Kier molecular flexibility index (Phi) is 1.06. The van der Waals surface area contributed by atoms with Gasteiger partial charge in [-0.1, -0.05) is 24.3 Å². The van der Waals surface area contributed by atoms with Crippen molar-refractivity contribution in [2.45, 2.75) is 0 Å². The molecule has 4 aromatic rings. The molecule has 4 rings (SSSR count). The fourth-order valence-electron chi connectivity index (χ4n) is 2.54. The fourth-order valence-corrected chi connectivity index (χ4v) is 2.54. The van der Waals surface area contributed by atoms with E-state index in [-0.39, 0.29) is 0 Å². The molecule has 3 heterocycles. The van der Waals surface area contributed by atoms with Crippen molar-refractivity contribution >= 4 is 27.5 Å². The van der Waals surface area contributed by atoms with Gasteiger partial charge >= 0.3 is 0 Å². The predicted octanol–water partition coefficient (Wildman–Crippen LogP) is 3.02. The molecule has 0 aliphatic heterocycles. The summed E-state index contributed by atoms with van der Waals surface area (Å²) in [5.74, 6) is 0. The normalized spacial score (nSPS) is 12.3. The van der Waals surface area contributed by atoms with Gasteiger partial charge < -0.3 is 4.57 Å². The van der Waals surface area contributed by atoms with Gasteiger partial charge in [0.2, 0.25) is 0 Å². The molecule has 3 aromatic heterocycles. The van der Waals surface area contributed by atoms with Gasteiger partial charge in [0, 0.05) is 18.6 Å². The summed E-state index contributed by atoms with van der Waals surface area (Å²) in [5.41, 5.74) is 3.86. The Morgan fingerprint density at radius 1 is 1.00 bits per heavy atom. The zero-order valence-electron chi connectivity index (χ0n) is 8.44. The zero-order valence-corrected chi connectivity index (χ0v) is 8.44. The fraction of sp³-hybridized carbons (Fsp3) is 0.0769. The Morgan fingerprint density at radius 3 is 2.80 bits per heavy atom.